The Morgan fingerprint density at radius 3 is 2.51 bits per heavy atom. The molecule has 3 aromatic rings. The number of ether oxygens (including phenoxy) is 2. The highest BCUT2D eigenvalue weighted by Gasteiger charge is 2.39. The lowest BCUT2D eigenvalue weighted by atomic mass is 10.1. The van der Waals surface area contributed by atoms with Crippen molar-refractivity contribution < 1.29 is 36.6 Å². The van der Waals surface area contributed by atoms with Gasteiger partial charge in [-0.05, 0) is 33.8 Å². The normalized spacial score (nSPS) is 12.4. The summed E-state index contributed by atoms with van der Waals surface area (Å²) in [7, 11) is 0. The van der Waals surface area contributed by atoms with E-state index in [1.165, 1.54) is 13.8 Å². The number of hydrogen-bond acceptors (Lipinski definition) is 7. The maximum atomic E-state index is 15.1. The first-order valence-corrected chi connectivity index (χ1v) is 10.4. The second-order valence-corrected chi connectivity index (χ2v) is 7.57. The molecule has 0 aliphatic carbocycles. The minimum atomic E-state index is -4.79. The van der Waals surface area contributed by atoms with E-state index in [2.05, 4.69) is 25.7 Å². The minimum Gasteiger partial charge on any atom is -0.480 e. The van der Waals surface area contributed by atoms with E-state index in [1.807, 2.05) is 0 Å². The lowest BCUT2D eigenvalue weighted by molar-refractivity contribution is -0.189. The van der Waals surface area contributed by atoms with Crippen molar-refractivity contribution in [2.24, 2.45) is 0 Å². The number of anilines is 1. The molecule has 0 aliphatic heterocycles. The molecular formula is C20H19ClF4N6O4. The van der Waals surface area contributed by atoms with Gasteiger partial charge in [-0.15, -0.1) is 9.90 Å². The van der Waals surface area contributed by atoms with Crippen LogP contribution in [0.15, 0.2) is 12.1 Å². The molecule has 0 bridgehead atoms. The number of rotatable bonds is 7. The summed E-state index contributed by atoms with van der Waals surface area (Å²) >= 11 is 5.89. The third-order valence-electron chi connectivity index (χ3n) is 4.67. The van der Waals surface area contributed by atoms with Gasteiger partial charge in [0.2, 0.25) is 0 Å². The van der Waals surface area contributed by atoms with E-state index in [9.17, 15) is 22.8 Å². The van der Waals surface area contributed by atoms with Crippen molar-refractivity contribution in [1.82, 2.24) is 25.2 Å². The average molecular weight is 519 g/mol. The summed E-state index contributed by atoms with van der Waals surface area (Å²) in [5, 5.41) is 16.3. The number of carbonyl (C=O) groups excluding carboxylic acids is 2. The zero-order chi connectivity index (χ0) is 26.1. The number of carbonyl (C=O) groups is 2. The number of hydrogen-bond donors (Lipinski definition) is 2. The molecule has 0 unspecified atom stereocenters. The van der Waals surface area contributed by atoms with Gasteiger partial charge in [0, 0.05) is 6.07 Å². The predicted octanol–water partition coefficient (Wildman–Crippen LogP) is 4.16. The number of aromatic amines is 1. The van der Waals surface area contributed by atoms with Gasteiger partial charge in [0.15, 0.2) is 22.8 Å². The molecule has 0 saturated carbocycles. The third kappa shape index (κ3) is 5.53. The molecule has 1 amide bonds. The van der Waals surface area contributed by atoms with E-state index >= 15 is 4.39 Å². The fourth-order valence-corrected chi connectivity index (χ4v) is 3.06. The summed E-state index contributed by atoms with van der Waals surface area (Å²) in [6.45, 7) is 5.29. The Morgan fingerprint density at radius 1 is 1.26 bits per heavy atom. The molecule has 188 valence electrons. The van der Waals surface area contributed by atoms with E-state index in [0.717, 1.165) is 13.0 Å². The van der Waals surface area contributed by atoms with Crippen molar-refractivity contribution in [3.05, 3.63) is 45.7 Å². The first kappa shape index (κ1) is 25.9. The molecule has 10 nitrogen and oxygen atoms in total. The molecule has 2 aromatic heterocycles. The predicted molar refractivity (Wildman–Crippen MR) is 114 cm³/mol. The highest BCUT2D eigenvalue weighted by atomic mass is 35.5. The van der Waals surface area contributed by atoms with E-state index < -0.39 is 47.0 Å². The Morgan fingerprint density at radius 2 is 1.94 bits per heavy atom. The van der Waals surface area contributed by atoms with Gasteiger partial charge in [0.1, 0.15) is 17.1 Å². The number of alkyl halides is 3. The zero-order valence-electron chi connectivity index (χ0n) is 18.8. The summed E-state index contributed by atoms with van der Waals surface area (Å²) in [4.78, 5) is 25.6. The van der Waals surface area contributed by atoms with Crippen LogP contribution in [0.1, 0.15) is 46.1 Å². The van der Waals surface area contributed by atoms with Crippen LogP contribution in [-0.2, 0) is 4.74 Å². The van der Waals surface area contributed by atoms with Crippen LogP contribution in [0.25, 0.3) is 5.69 Å². The lowest BCUT2D eigenvalue weighted by Crippen LogP contribution is -2.32. The van der Waals surface area contributed by atoms with Gasteiger partial charge in [0.25, 0.3) is 5.91 Å². The van der Waals surface area contributed by atoms with Gasteiger partial charge >= 0.3 is 12.1 Å². The Labute approximate surface area is 200 Å². The van der Waals surface area contributed by atoms with Crippen LogP contribution < -0.4 is 10.1 Å². The zero-order valence-corrected chi connectivity index (χ0v) is 19.5. The van der Waals surface area contributed by atoms with Gasteiger partial charge in [-0.2, -0.15) is 23.4 Å². The number of benzene rings is 1. The van der Waals surface area contributed by atoms with Crippen LogP contribution >= 0.6 is 11.6 Å². The third-order valence-corrected chi connectivity index (χ3v) is 4.94. The molecule has 2 heterocycles. The number of nitrogens with one attached hydrogen (secondary N) is 2. The van der Waals surface area contributed by atoms with Crippen LogP contribution in [0.2, 0.25) is 5.15 Å². The topological polar surface area (TPSA) is 124 Å². The molecule has 15 heteroatoms. The first-order chi connectivity index (χ1) is 16.3. The Bertz CT molecular complexity index is 1250. The van der Waals surface area contributed by atoms with Crippen molar-refractivity contribution in [1.29, 1.82) is 0 Å². The van der Waals surface area contributed by atoms with Gasteiger partial charge in [0.05, 0.1) is 23.6 Å². The number of H-pyrrole nitrogens is 1. The molecule has 0 fully saturated rings. The minimum absolute atomic E-state index is 0.0524. The molecule has 0 saturated heterocycles. The number of aryl methyl sites for hydroxylation is 2. The van der Waals surface area contributed by atoms with Crippen LogP contribution in [0.5, 0.6) is 5.75 Å². The molecule has 0 radical (unpaired) electrons. The van der Waals surface area contributed by atoms with Crippen LogP contribution in [0, 0.1) is 19.7 Å². The summed E-state index contributed by atoms with van der Waals surface area (Å²) in [5.41, 5.74) is -0.755. The molecule has 2 N–H and O–H groups in total. The summed E-state index contributed by atoms with van der Waals surface area (Å²) in [5.74, 6) is -3.53. The number of nitrogens with zero attached hydrogens (tertiary/aromatic N) is 4. The number of esters is 1. The van der Waals surface area contributed by atoms with E-state index in [0.29, 0.717) is 16.6 Å². The van der Waals surface area contributed by atoms with Crippen molar-refractivity contribution in [2.75, 3.05) is 11.9 Å². The monoisotopic (exact) mass is 518 g/mol. The number of aromatic nitrogens is 5. The first-order valence-electron chi connectivity index (χ1n) is 10.0. The molecule has 3 rings (SSSR count). The lowest BCUT2D eigenvalue weighted by Gasteiger charge is -2.20. The highest BCUT2D eigenvalue weighted by molar-refractivity contribution is 6.33. The van der Waals surface area contributed by atoms with E-state index in [4.69, 9.17) is 21.1 Å². The average Bonchev–Trinajstić information content (AvgIpc) is 3.31. The highest BCUT2D eigenvalue weighted by Crippen LogP contribution is 2.32. The molecule has 0 aliphatic rings. The number of amides is 1. The van der Waals surface area contributed by atoms with Crippen molar-refractivity contribution in [2.45, 2.75) is 40.0 Å². The van der Waals surface area contributed by atoms with Crippen molar-refractivity contribution in [3.8, 4) is 11.4 Å². The van der Waals surface area contributed by atoms with E-state index in [1.54, 1.807) is 6.92 Å². The Kier molecular flexibility index (Phi) is 7.33. The molecule has 0 spiro atoms. The van der Waals surface area contributed by atoms with Gasteiger partial charge in [-0.3, -0.25) is 9.89 Å². The van der Waals surface area contributed by atoms with Crippen LogP contribution in [0.4, 0.5) is 23.2 Å². The number of halogens is 5. The largest absolute Gasteiger partial charge is 0.480 e. The standard InChI is InChI=1S/C20H19ClF4N6O4/c1-5-34-19(33)16-9(3)29-31(30-16)13-7-14(35-10(4)20(23,24)25)11(6-12(13)22)18(32)26-15-8(2)27-28-17(15)21/h6-7,10H,5H2,1-4H3,(H,26,32)(H,27,28)/t10-/m0/s1. The molecular weight excluding hydrogens is 500 g/mol. The van der Waals surface area contributed by atoms with E-state index in [-0.39, 0.29) is 28.8 Å². The Balaban J connectivity index is 2.08. The fraction of sp³-hybridized carbons (Fsp3) is 0.350. The quantitative estimate of drug-likeness (QED) is 0.355. The van der Waals surface area contributed by atoms with Crippen LogP contribution in [0.3, 0.4) is 0 Å². The Hall–Kier alpha value is -3.68. The van der Waals surface area contributed by atoms with Crippen molar-refractivity contribution in [3.63, 3.8) is 0 Å². The maximum absolute atomic E-state index is 15.1. The second kappa shape index (κ2) is 9.90. The summed E-state index contributed by atoms with van der Waals surface area (Å²) in [6, 6.07) is 1.49. The van der Waals surface area contributed by atoms with Crippen LogP contribution in [-0.4, -0.2) is 56.0 Å². The fourth-order valence-electron chi connectivity index (χ4n) is 2.83. The van der Waals surface area contributed by atoms with Gasteiger partial charge < -0.3 is 14.8 Å². The van der Waals surface area contributed by atoms with Gasteiger partial charge in [-0.1, -0.05) is 11.6 Å². The maximum Gasteiger partial charge on any atom is 0.425 e. The SMILES string of the molecule is CCOC(=O)c1nn(-c2cc(O[C@@H](C)C(F)(F)F)c(C(=O)Nc3c(Cl)n[nH]c3C)cc2F)nc1C. The summed E-state index contributed by atoms with van der Waals surface area (Å²) < 4.78 is 64.5. The second-order valence-electron chi connectivity index (χ2n) is 7.21. The summed E-state index contributed by atoms with van der Waals surface area (Å²) in [6.07, 6.45) is -7.14. The molecule has 1 atom stereocenters. The van der Waals surface area contributed by atoms with Crippen molar-refractivity contribution >= 4 is 29.2 Å². The molecule has 35 heavy (non-hydrogen) atoms. The van der Waals surface area contributed by atoms with Gasteiger partial charge in [-0.25, -0.2) is 9.18 Å². The molecule has 1 aromatic carbocycles. The smallest absolute Gasteiger partial charge is 0.425 e.